The highest BCUT2D eigenvalue weighted by atomic mass is 16.3. The largest absolute Gasteiger partial charge is 0.469 e. The first-order valence-corrected chi connectivity index (χ1v) is 6.15. The molecule has 2 rings (SSSR count). The molecule has 0 aromatic carbocycles. The molecule has 0 fully saturated rings. The van der Waals surface area contributed by atoms with Crippen LogP contribution in [0.2, 0.25) is 0 Å². The van der Waals surface area contributed by atoms with Crippen LogP contribution in [0.25, 0.3) is 0 Å². The van der Waals surface area contributed by atoms with Crippen molar-refractivity contribution < 1.29 is 4.42 Å². The van der Waals surface area contributed by atoms with Crippen LogP contribution in [0.1, 0.15) is 28.1 Å². The van der Waals surface area contributed by atoms with Gasteiger partial charge in [0, 0.05) is 24.8 Å². The minimum Gasteiger partial charge on any atom is -0.469 e. The fourth-order valence-electron chi connectivity index (χ4n) is 2.14. The molecule has 0 N–H and O–H groups in total. The molecule has 2 aromatic heterocycles. The van der Waals surface area contributed by atoms with Gasteiger partial charge in [0.1, 0.15) is 17.6 Å². The quantitative estimate of drug-likeness (QED) is 0.845. The van der Waals surface area contributed by atoms with E-state index in [1.807, 2.05) is 44.9 Å². The lowest BCUT2D eigenvalue weighted by atomic mass is 10.1. The number of rotatable bonds is 3. The fourth-order valence-corrected chi connectivity index (χ4v) is 2.14. The van der Waals surface area contributed by atoms with E-state index in [-0.39, 0.29) is 0 Å². The molecule has 0 bridgehead atoms. The van der Waals surface area contributed by atoms with Gasteiger partial charge in [-0.2, -0.15) is 5.26 Å². The van der Waals surface area contributed by atoms with E-state index in [0.717, 1.165) is 28.4 Å². The van der Waals surface area contributed by atoms with E-state index in [2.05, 4.69) is 11.1 Å². The SMILES string of the molecule is Cc1cc(C)c(C#N)c(N(C)Cc2ccoc2C)n1. The summed E-state index contributed by atoms with van der Waals surface area (Å²) in [5, 5.41) is 9.28. The number of pyridine rings is 1. The van der Waals surface area contributed by atoms with E-state index in [9.17, 15) is 5.26 Å². The average molecular weight is 255 g/mol. The third-order valence-corrected chi connectivity index (χ3v) is 3.17. The summed E-state index contributed by atoms with van der Waals surface area (Å²) >= 11 is 0. The van der Waals surface area contributed by atoms with Crippen LogP contribution < -0.4 is 4.90 Å². The normalized spacial score (nSPS) is 10.3. The Morgan fingerprint density at radius 2 is 2.11 bits per heavy atom. The summed E-state index contributed by atoms with van der Waals surface area (Å²) in [6.45, 7) is 6.48. The number of furan rings is 1. The minimum atomic E-state index is 0.634. The molecule has 0 aliphatic carbocycles. The van der Waals surface area contributed by atoms with Gasteiger partial charge in [0.2, 0.25) is 0 Å². The highest BCUT2D eigenvalue weighted by molar-refractivity contribution is 5.58. The Hall–Kier alpha value is -2.28. The van der Waals surface area contributed by atoms with E-state index in [4.69, 9.17) is 4.42 Å². The number of anilines is 1. The third-order valence-electron chi connectivity index (χ3n) is 3.17. The highest BCUT2D eigenvalue weighted by Crippen LogP contribution is 2.23. The summed E-state index contributed by atoms with van der Waals surface area (Å²) in [5.41, 5.74) is 3.62. The standard InChI is InChI=1S/C15H17N3O/c1-10-7-11(2)17-15(14(10)8-16)18(4)9-13-5-6-19-12(13)3/h5-7H,9H2,1-4H3. The molecule has 2 aromatic rings. The zero-order valence-electron chi connectivity index (χ0n) is 11.7. The van der Waals surface area contributed by atoms with E-state index < -0.39 is 0 Å². The predicted molar refractivity (Wildman–Crippen MR) is 74.0 cm³/mol. The summed E-state index contributed by atoms with van der Waals surface area (Å²) < 4.78 is 5.29. The molecule has 0 unspecified atom stereocenters. The Labute approximate surface area is 113 Å². The zero-order chi connectivity index (χ0) is 14.0. The smallest absolute Gasteiger partial charge is 0.147 e. The van der Waals surface area contributed by atoms with E-state index in [1.54, 1.807) is 6.26 Å². The van der Waals surface area contributed by atoms with E-state index in [0.29, 0.717) is 12.1 Å². The Kier molecular flexibility index (Phi) is 3.57. The van der Waals surface area contributed by atoms with Crippen LogP contribution in [0.3, 0.4) is 0 Å². The summed E-state index contributed by atoms with van der Waals surface area (Å²) in [5.74, 6) is 1.62. The van der Waals surface area contributed by atoms with Gasteiger partial charge in [-0.3, -0.25) is 0 Å². The summed E-state index contributed by atoms with van der Waals surface area (Å²) in [7, 11) is 1.94. The topological polar surface area (TPSA) is 53.1 Å². The maximum atomic E-state index is 9.28. The second-order valence-corrected chi connectivity index (χ2v) is 4.75. The second kappa shape index (κ2) is 5.15. The number of nitriles is 1. The minimum absolute atomic E-state index is 0.634. The van der Waals surface area contributed by atoms with Gasteiger partial charge >= 0.3 is 0 Å². The first kappa shape index (κ1) is 13.2. The van der Waals surface area contributed by atoms with Crippen molar-refractivity contribution in [1.29, 1.82) is 5.26 Å². The van der Waals surface area contributed by atoms with Gasteiger partial charge in [0.25, 0.3) is 0 Å². The summed E-state index contributed by atoms with van der Waals surface area (Å²) in [4.78, 5) is 6.47. The van der Waals surface area contributed by atoms with Crippen LogP contribution in [0.5, 0.6) is 0 Å². The zero-order valence-corrected chi connectivity index (χ0v) is 11.7. The Balaban J connectivity index is 2.36. The molecule has 0 saturated heterocycles. The van der Waals surface area contributed by atoms with Gasteiger partial charge in [0.05, 0.1) is 11.8 Å². The number of aryl methyl sites for hydroxylation is 3. The maximum Gasteiger partial charge on any atom is 0.147 e. The molecule has 0 amide bonds. The predicted octanol–water partition coefficient (Wildman–Crippen LogP) is 3.11. The third kappa shape index (κ3) is 2.60. The van der Waals surface area contributed by atoms with Gasteiger partial charge in [-0.1, -0.05) is 0 Å². The van der Waals surface area contributed by atoms with Gasteiger partial charge in [-0.15, -0.1) is 0 Å². The van der Waals surface area contributed by atoms with Crippen LogP contribution in [0.4, 0.5) is 5.82 Å². The van der Waals surface area contributed by atoms with Crippen molar-refractivity contribution >= 4 is 5.82 Å². The Bertz CT molecular complexity index is 637. The molecular formula is C15H17N3O. The molecule has 19 heavy (non-hydrogen) atoms. The lowest BCUT2D eigenvalue weighted by molar-refractivity contribution is 0.529. The van der Waals surface area contributed by atoms with Crippen molar-refractivity contribution in [2.45, 2.75) is 27.3 Å². The monoisotopic (exact) mass is 255 g/mol. The van der Waals surface area contributed by atoms with Crippen molar-refractivity contribution in [3.05, 3.63) is 46.5 Å². The van der Waals surface area contributed by atoms with Gasteiger partial charge in [-0.25, -0.2) is 4.98 Å². The van der Waals surface area contributed by atoms with Crippen LogP contribution >= 0.6 is 0 Å². The van der Waals surface area contributed by atoms with Gasteiger partial charge in [-0.05, 0) is 38.5 Å². The molecular weight excluding hydrogens is 238 g/mol. The van der Waals surface area contributed by atoms with Crippen LogP contribution in [0, 0.1) is 32.1 Å². The number of hydrogen-bond donors (Lipinski definition) is 0. The van der Waals surface area contributed by atoms with Crippen molar-refractivity contribution in [1.82, 2.24) is 4.98 Å². The lowest BCUT2D eigenvalue weighted by Crippen LogP contribution is -2.20. The van der Waals surface area contributed by atoms with Crippen molar-refractivity contribution in [3.63, 3.8) is 0 Å². The first-order valence-electron chi connectivity index (χ1n) is 6.15. The van der Waals surface area contributed by atoms with Gasteiger partial charge < -0.3 is 9.32 Å². The van der Waals surface area contributed by atoms with Crippen LogP contribution in [-0.4, -0.2) is 12.0 Å². The van der Waals surface area contributed by atoms with Crippen LogP contribution in [0.15, 0.2) is 22.8 Å². The van der Waals surface area contributed by atoms with E-state index >= 15 is 0 Å². The Morgan fingerprint density at radius 1 is 1.37 bits per heavy atom. The summed E-state index contributed by atoms with van der Waals surface area (Å²) in [6, 6.07) is 6.11. The molecule has 0 radical (unpaired) electrons. The second-order valence-electron chi connectivity index (χ2n) is 4.75. The molecule has 0 spiro atoms. The lowest BCUT2D eigenvalue weighted by Gasteiger charge is -2.20. The van der Waals surface area contributed by atoms with Crippen molar-refractivity contribution in [2.24, 2.45) is 0 Å². The van der Waals surface area contributed by atoms with E-state index in [1.165, 1.54) is 0 Å². The van der Waals surface area contributed by atoms with Gasteiger partial charge in [0.15, 0.2) is 0 Å². The summed E-state index contributed by atoms with van der Waals surface area (Å²) in [6.07, 6.45) is 1.68. The molecule has 0 aliphatic rings. The highest BCUT2D eigenvalue weighted by Gasteiger charge is 2.14. The van der Waals surface area contributed by atoms with Crippen molar-refractivity contribution in [2.75, 3.05) is 11.9 Å². The average Bonchev–Trinajstić information content (AvgIpc) is 2.74. The van der Waals surface area contributed by atoms with Crippen LogP contribution in [-0.2, 0) is 6.54 Å². The number of aromatic nitrogens is 1. The fraction of sp³-hybridized carbons (Fsp3) is 0.333. The molecule has 4 nitrogen and oxygen atoms in total. The molecule has 0 saturated carbocycles. The maximum absolute atomic E-state index is 9.28. The first-order chi connectivity index (χ1) is 9.02. The molecule has 0 atom stereocenters. The van der Waals surface area contributed by atoms with Crippen molar-refractivity contribution in [3.8, 4) is 6.07 Å². The molecule has 4 heteroatoms. The number of hydrogen-bond acceptors (Lipinski definition) is 4. The number of nitrogens with zero attached hydrogens (tertiary/aromatic N) is 3. The molecule has 98 valence electrons. The molecule has 2 heterocycles. The molecule has 0 aliphatic heterocycles. The Morgan fingerprint density at radius 3 is 2.68 bits per heavy atom.